The van der Waals surface area contributed by atoms with Crippen LogP contribution in [0.25, 0.3) is 22.0 Å². The van der Waals surface area contributed by atoms with Gasteiger partial charge in [0.2, 0.25) is 0 Å². The molecule has 0 bridgehead atoms. The number of fused-ring (bicyclic) bond motifs is 1. The van der Waals surface area contributed by atoms with E-state index in [9.17, 15) is 4.79 Å². The van der Waals surface area contributed by atoms with Gasteiger partial charge < -0.3 is 5.32 Å². The van der Waals surface area contributed by atoms with Crippen molar-refractivity contribution in [3.05, 3.63) is 48.7 Å². The minimum Gasteiger partial charge on any atom is -0.318 e. The predicted octanol–water partition coefficient (Wildman–Crippen LogP) is 2.81. The summed E-state index contributed by atoms with van der Waals surface area (Å²) in [6, 6.07) is 5.80. The first-order valence-corrected chi connectivity index (χ1v) is 8.57. The summed E-state index contributed by atoms with van der Waals surface area (Å²) >= 11 is 0. The van der Waals surface area contributed by atoms with Crippen molar-refractivity contribution in [3.8, 4) is 11.1 Å². The zero-order valence-electron chi connectivity index (χ0n) is 13.9. The summed E-state index contributed by atoms with van der Waals surface area (Å²) in [4.78, 5) is 12.6. The van der Waals surface area contributed by atoms with Crippen LogP contribution in [-0.2, 0) is 6.54 Å². The van der Waals surface area contributed by atoms with Gasteiger partial charge in [-0.2, -0.15) is 15.3 Å². The summed E-state index contributed by atoms with van der Waals surface area (Å²) in [5.41, 5.74) is 3.84. The lowest BCUT2D eigenvalue weighted by atomic mass is 10.1. The van der Waals surface area contributed by atoms with Crippen LogP contribution >= 0.6 is 0 Å². The second-order valence-electron chi connectivity index (χ2n) is 6.67. The highest BCUT2D eigenvalue weighted by molar-refractivity contribution is 6.11. The van der Waals surface area contributed by atoms with Crippen molar-refractivity contribution in [1.82, 2.24) is 30.2 Å². The van der Waals surface area contributed by atoms with Gasteiger partial charge in [-0.05, 0) is 36.5 Å². The first-order valence-electron chi connectivity index (χ1n) is 8.57. The van der Waals surface area contributed by atoms with Crippen LogP contribution in [-0.4, -0.2) is 36.1 Å². The summed E-state index contributed by atoms with van der Waals surface area (Å²) < 4.78 is 1.88. The molecule has 0 aliphatic heterocycles. The molecule has 0 saturated heterocycles. The van der Waals surface area contributed by atoms with Crippen molar-refractivity contribution in [1.29, 1.82) is 0 Å². The van der Waals surface area contributed by atoms with Crippen LogP contribution in [0.4, 0.5) is 5.69 Å². The number of nitrogens with zero attached hydrogens (tertiary/aromatic N) is 4. The van der Waals surface area contributed by atoms with Crippen LogP contribution in [0.1, 0.15) is 23.3 Å². The van der Waals surface area contributed by atoms with E-state index in [-0.39, 0.29) is 5.91 Å². The van der Waals surface area contributed by atoms with Crippen LogP contribution < -0.4 is 5.32 Å². The Balaban J connectivity index is 1.37. The van der Waals surface area contributed by atoms with Crippen LogP contribution in [0.3, 0.4) is 0 Å². The first-order chi connectivity index (χ1) is 12.8. The Hall–Kier alpha value is -3.42. The topological polar surface area (TPSA) is 104 Å². The number of carbonyl (C=O) groups excluding carboxylic acids is 1. The van der Waals surface area contributed by atoms with E-state index in [1.807, 2.05) is 35.3 Å². The van der Waals surface area contributed by atoms with Gasteiger partial charge in [-0.15, -0.1) is 0 Å². The van der Waals surface area contributed by atoms with E-state index in [0.717, 1.165) is 34.5 Å². The molecule has 3 heterocycles. The van der Waals surface area contributed by atoms with Crippen LogP contribution in [0.15, 0.2) is 43.0 Å². The lowest BCUT2D eigenvalue weighted by molar-refractivity contribution is 0.102. The monoisotopic (exact) mass is 347 g/mol. The Kier molecular flexibility index (Phi) is 3.34. The molecule has 1 aliphatic rings. The zero-order chi connectivity index (χ0) is 17.5. The van der Waals surface area contributed by atoms with Gasteiger partial charge >= 0.3 is 0 Å². The molecular formula is C18H17N7O. The predicted molar refractivity (Wildman–Crippen MR) is 96.6 cm³/mol. The van der Waals surface area contributed by atoms with Crippen molar-refractivity contribution in [3.63, 3.8) is 0 Å². The lowest BCUT2D eigenvalue weighted by Gasteiger charge is -2.01. The van der Waals surface area contributed by atoms with E-state index in [0.29, 0.717) is 11.4 Å². The molecule has 0 atom stereocenters. The molecule has 1 aliphatic carbocycles. The van der Waals surface area contributed by atoms with E-state index in [1.165, 1.54) is 12.8 Å². The number of nitrogens with one attached hydrogen (secondary N) is 3. The van der Waals surface area contributed by atoms with Gasteiger partial charge in [-0.1, -0.05) is 6.07 Å². The smallest absolute Gasteiger partial charge is 0.276 e. The lowest BCUT2D eigenvalue weighted by Crippen LogP contribution is -2.12. The molecule has 8 heteroatoms. The maximum absolute atomic E-state index is 12.6. The number of hydrogen-bond donors (Lipinski definition) is 3. The SMILES string of the molecule is O=C(Nc1cnn(CC2CC2)c1)c1n[nH]c2cc(-c3cn[nH]c3)ccc12. The number of aromatic nitrogens is 6. The second-order valence-corrected chi connectivity index (χ2v) is 6.67. The summed E-state index contributed by atoms with van der Waals surface area (Å²) in [5.74, 6) is 0.483. The maximum Gasteiger partial charge on any atom is 0.276 e. The van der Waals surface area contributed by atoms with E-state index in [4.69, 9.17) is 0 Å². The van der Waals surface area contributed by atoms with Crippen molar-refractivity contribution in [2.45, 2.75) is 19.4 Å². The fourth-order valence-corrected chi connectivity index (χ4v) is 3.06. The third-order valence-corrected chi connectivity index (χ3v) is 4.64. The second kappa shape index (κ2) is 5.83. The number of rotatable bonds is 5. The molecule has 0 unspecified atom stereocenters. The number of H-pyrrole nitrogens is 2. The molecule has 0 radical (unpaired) electrons. The minimum atomic E-state index is -0.252. The van der Waals surface area contributed by atoms with Gasteiger partial charge in [0, 0.05) is 29.9 Å². The Morgan fingerprint density at radius 1 is 1.27 bits per heavy atom. The fraction of sp³-hybridized carbons (Fsp3) is 0.222. The van der Waals surface area contributed by atoms with E-state index in [2.05, 4.69) is 30.8 Å². The summed E-state index contributed by atoms with van der Waals surface area (Å²) in [6.45, 7) is 0.915. The van der Waals surface area contributed by atoms with Crippen LogP contribution in [0.2, 0.25) is 0 Å². The molecule has 8 nitrogen and oxygen atoms in total. The Morgan fingerprint density at radius 2 is 2.19 bits per heavy atom. The van der Waals surface area contributed by atoms with Crippen molar-refractivity contribution >= 4 is 22.5 Å². The summed E-state index contributed by atoms with van der Waals surface area (Å²) in [7, 11) is 0. The standard InChI is InChI=1S/C18H17N7O/c26-18(22-14-8-21-25(10-14)9-11-1-2-11)17-15-4-3-12(5-16(15)23-24-17)13-6-19-20-7-13/h3-8,10-11H,1-2,9H2,(H,19,20)(H,22,26)(H,23,24). The van der Waals surface area contributed by atoms with Gasteiger partial charge in [-0.3, -0.25) is 19.7 Å². The third-order valence-electron chi connectivity index (χ3n) is 4.64. The molecular weight excluding hydrogens is 330 g/mol. The highest BCUT2D eigenvalue weighted by Crippen LogP contribution is 2.30. The van der Waals surface area contributed by atoms with E-state index < -0.39 is 0 Å². The molecule has 3 N–H and O–H groups in total. The average molecular weight is 347 g/mol. The summed E-state index contributed by atoms with van der Waals surface area (Å²) in [6.07, 6.45) is 9.65. The van der Waals surface area contributed by atoms with Crippen LogP contribution in [0, 0.1) is 5.92 Å². The van der Waals surface area contributed by atoms with Gasteiger partial charge in [0.25, 0.3) is 5.91 Å². The molecule has 3 aromatic heterocycles. The quantitative estimate of drug-likeness (QED) is 0.516. The van der Waals surface area contributed by atoms with E-state index in [1.54, 1.807) is 12.4 Å². The van der Waals surface area contributed by atoms with Gasteiger partial charge in [0.15, 0.2) is 5.69 Å². The number of aromatic amines is 2. The molecule has 130 valence electrons. The van der Waals surface area contributed by atoms with Crippen molar-refractivity contribution in [2.24, 2.45) is 5.92 Å². The number of carbonyl (C=O) groups is 1. The number of hydrogen-bond acceptors (Lipinski definition) is 4. The Morgan fingerprint density at radius 3 is 3.00 bits per heavy atom. The molecule has 1 fully saturated rings. The summed E-state index contributed by atoms with van der Waals surface area (Å²) in [5, 5.41) is 21.8. The van der Waals surface area contributed by atoms with Crippen LogP contribution in [0.5, 0.6) is 0 Å². The van der Waals surface area contributed by atoms with Gasteiger partial charge in [-0.25, -0.2) is 0 Å². The molecule has 1 aromatic carbocycles. The molecule has 1 amide bonds. The van der Waals surface area contributed by atoms with Crippen molar-refractivity contribution < 1.29 is 4.79 Å². The largest absolute Gasteiger partial charge is 0.318 e. The molecule has 4 aromatic rings. The Bertz CT molecular complexity index is 1070. The average Bonchev–Trinajstić information content (AvgIpc) is 3.08. The zero-order valence-corrected chi connectivity index (χ0v) is 13.9. The third kappa shape index (κ3) is 2.75. The van der Waals surface area contributed by atoms with Gasteiger partial charge in [0.05, 0.1) is 23.6 Å². The fourth-order valence-electron chi connectivity index (χ4n) is 3.06. The van der Waals surface area contributed by atoms with Crippen molar-refractivity contribution in [2.75, 3.05) is 5.32 Å². The number of benzene rings is 1. The molecule has 0 spiro atoms. The molecule has 1 saturated carbocycles. The Labute approximate surface area is 148 Å². The van der Waals surface area contributed by atoms with E-state index >= 15 is 0 Å². The highest BCUT2D eigenvalue weighted by atomic mass is 16.2. The first kappa shape index (κ1) is 14.9. The normalized spacial score (nSPS) is 14.0. The molecule has 5 rings (SSSR count). The molecule has 26 heavy (non-hydrogen) atoms. The number of anilines is 1. The number of amides is 1. The minimum absolute atomic E-state index is 0.252. The maximum atomic E-state index is 12.6. The highest BCUT2D eigenvalue weighted by Gasteiger charge is 2.22. The van der Waals surface area contributed by atoms with Gasteiger partial charge in [0.1, 0.15) is 0 Å².